The van der Waals surface area contributed by atoms with Crippen molar-refractivity contribution in [2.45, 2.75) is 36.6 Å². The lowest BCUT2D eigenvalue weighted by Gasteiger charge is -2.13. The highest BCUT2D eigenvalue weighted by atomic mass is 32.2. The summed E-state index contributed by atoms with van der Waals surface area (Å²) in [5.41, 5.74) is 0.305. The summed E-state index contributed by atoms with van der Waals surface area (Å²) < 4.78 is 33.8. The number of carbonyl (C=O) groups is 1. The number of fused-ring (bicyclic) bond motifs is 1. The Hall–Kier alpha value is -2.90. The Kier molecular flexibility index (Phi) is 6.53. The zero-order valence-corrected chi connectivity index (χ0v) is 18.0. The third-order valence-electron chi connectivity index (χ3n) is 5.48. The standard InChI is InChI=1S/C24H26N2O4S/c27-24(25-15-16-30-23-14-6-8-18-7-1-4-13-22(18)23)19-9-5-12-21(17-19)31(28,29)26-20-10-2-3-11-20/h1,4-9,12-14,17,20,26H,2-3,10-11,15-16H2,(H,25,27). The van der Waals surface area contributed by atoms with E-state index >= 15 is 0 Å². The first kappa shape index (κ1) is 21.3. The highest BCUT2D eigenvalue weighted by molar-refractivity contribution is 7.89. The molecule has 1 saturated carbocycles. The number of carbonyl (C=O) groups excluding carboxylic acids is 1. The van der Waals surface area contributed by atoms with Crippen molar-refractivity contribution in [3.8, 4) is 5.75 Å². The van der Waals surface area contributed by atoms with Crippen LogP contribution in [-0.2, 0) is 10.0 Å². The smallest absolute Gasteiger partial charge is 0.251 e. The molecule has 0 atom stereocenters. The number of hydrogen-bond donors (Lipinski definition) is 2. The second-order valence-corrected chi connectivity index (χ2v) is 9.43. The minimum Gasteiger partial charge on any atom is -0.491 e. The molecule has 1 aliphatic rings. The van der Waals surface area contributed by atoms with Crippen LogP contribution in [0.25, 0.3) is 10.8 Å². The maximum atomic E-state index is 12.6. The van der Waals surface area contributed by atoms with E-state index in [1.807, 2.05) is 42.5 Å². The molecule has 6 nitrogen and oxygen atoms in total. The molecule has 1 aliphatic carbocycles. The van der Waals surface area contributed by atoms with Crippen LogP contribution in [0.15, 0.2) is 71.6 Å². The minimum atomic E-state index is -3.64. The summed E-state index contributed by atoms with van der Waals surface area (Å²) in [5, 5.41) is 4.90. The van der Waals surface area contributed by atoms with E-state index < -0.39 is 10.0 Å². The fourth-order valence-electron chi connectivity index (χ4n) is 3.88. The highest BCUT2D eigenvalue weighted by Crippen LogP contribution is 2.25. The van der Waals surface area contributed by atoms with E-state index in [2.05, 4.69) is 10.0 Å². The topological polar surface area (TPSA) is 84.5 Å². The van der Waals surface area contributed by atoms with E-state index in [9.17, 15) is 13.2 Å². The van der Waals surface area contributed by atoms with Gasteiger partial charge < -0.3 is 10.1 Å². The molecule has 4 rings (SSSR count). The molecule has 162 valence electrons. The average Bonchev–Trinajstić information content (AvgIpc) is 3.29. The van der Waals surface area contributed by atoms with Crippen LogP contribution in [0.4, 0.5) is 0 Å². The second-order valence-electron chi connectivity index (χ2n) is 7.71. The summed E-state index contributed by atoms with van der Waals surface area (Å²) in [6.07, 6.45) is 3.79. The van der Waals surface area contributed by atoms with Crippen LogP contribution in [-0.4, -0.2) is 33.5 Å². The van der Waals surface area contributed by atoms with Crippen molar-refractivity contribution in [2.75, 3.05) is 13.2 Å². The molecule has 1 amide bonds. The Morgan fingerprint density at radius 3 is 2.55 bits per heavy atom. The van der Waals surface area contributed by atoms with Gasteiger partial charge in [0, 0.05) is 17.0 Å². The summed E-state index contributed by atoms with van der Waals surface area (Å²) in [5.74, 6) is 0.429. The zero-order chi connectivity index (χ0) is 21.7. The lowest BCUT2D eigenvalue weighted by atomic mass is 10.1. The third kappa shape index (κ3) is 5.24. The minimum absolute atomic E-state index is 0.0197. The van der Waals surface area contributed by atoms with E-state index in [1.54, 1.807) is 12.1 Å². The van der Waals surface area contributed by atoms with Crippen molar-refractivity contribution < 1.29 is 17.9 Å². The van der Waals surface area contributed by atoms with Gasteiger partial charge >= 0.3 is 0 Å². The summed E-state index contributed by atoms with van der Waals surface area (Å²) in [6.45, 7) is 0.611. The Balaban J connectivity index is 1.34. The third-order valence-corrected chi connectivity index (χ3v) is 7.00. The molecule has 31 heavy (non-hydrogen) atoms. The van der Waals surface area contributed by atoms with Crippen molar-refractivity contribution in [3.63, 3.8) is 0 Å². The van der Waals surface area contributed by atoms with Gasteiger partial charge in [0.2, 0.25) is 10.0 Å². The molecule has 0 aromatic heterocycles. The predicted octanol–water partition coefficient (Wildman–Crippen LogP) is 3.87. The van der Waals surface area contributed by atoms with Gasteiger partial charge in [0.1, 0.15) is 12.4 Å². The SMILES string of the molecule is O=C(NCCOc1cccc2ccccc12)c1cccc(S(=O)(=O)NC2CCCC2)c1. The quantitative estimate of drug-likeness (QED) is 0.523. The van der Waals surface area contributed by atoms with E-state index in [4.69, 9.17) is 4.74 Å². The van der Waals surface area contributed by atoms with Crippen LogP contribution in [0.3, 0.4) is 0 Å². The Bertz CT molecular complexity index is 1170. The molecule has 0 heterocycles. The molecular formula is C24H26N2O4S. The van der Waals surface area contributed by atoms with Gasteiger partial charge in [0.15, 0.2) is 0 Å². The van der Waals surface area contributed by atoms with Crippen molar-refractivity contribution >= 4 is 26.7 Å². The molecule has 0 bridgehead atoms. The van der Waals surface area contributed by atoms with Gasteiger partial charge in [-0.1, -0.05) is 55.3 Å². The number of sulfonamides is 1. The maximum absolute atomic E-state index is 12.6. The average molecular weight is 439 g/mol. The molecule has 3 aromatic rings. The zero-order valence-electron chi connectivity index (χ0n) is 17.2. The largest absolute Gasteiger partial charge is 0.491 e. The number of amides is 1. The lowest BCUT2D eigenvalue weighted by Crippen LogP contribution is -2.33. The van der Waals surface area contributed by atoms with Crippen LogP contribution in [0, 0.1) is 0 Å². The molecule has 2 N–H and O–H groups in total. The van der Waals surface area contributed by atoms with Crippen LogP contribution in [0.2, 0.25) is 0 Å². The normalized spacial score (nSPS) is 14.6. The highest BCUT2D eigenvalue weighted by Gasteiger charge is 2.23. The van der Waals surface area contributed by atoms with Gasteiger partial charge in [-0.05, 0) is 42.5 Å². The second kappa shape index (κ2) is 9.49. The monoisotopic (exact) mass is 438 g/mol. The molecular weight excluding hydrogens is 412 g/mol. The van der Waals surface area contributed by atoms with E-state index in [0.717, 1.165) is 42.2 Å². The molecule has 1 fully saturated rings. The van der Waals surface area contributed by atoms with Crippen molar-refractivity contribution in [1.29, 1.82) is 0 Å². The van der Waals surface area contributed by atoms with Crippen LogP contribution >= 0.6 is 0 Å². The van der Waals surface area contributed by atoms with Gasteiger partial charge in [0.05, 0.1) is 11.4 Å². The Labute approximate surface area is 182 Å². The maximum Gasteiger partial charge on any atom is 0.251 e. The van der Waals surface area contributed by atoms with Gasteiger partial charge in [-0.3, -0.25) is 4.79 Å². The molecule has 7 heteroatoms. The molecule has 0 aliphatic heterocycles. The Morgan fingerprint density at radius 1 is 0.968 bits per heavy atom. The Morgan fingerprint density at radius 2 is 1.71 bits per heavy atom. The fraction of sp³-hybridized carbons (Fsp3) is 0.292. The van der Waals surface area contributed by atoms with Gasteiger partial charge in [-0.25, -0.2) is 13.1 Å². The van der Waals surface area contributed by atoms with E-state index in [1.165, 1.54) is 12.1 Å². The van der Waals surface area contributed by atoms with Crippen molar-refractivity contribution in [3.05, 3.63) is 72.3 Å². The number of rotatable bonds is 8. The predicted molar refractivity (Wildman–Crippen MR) is 121 cm³/mol. The first-order valence-corrected chi connectivity index (χ1v) is 12.0. The number of nitrogens with one attached hydrogen (secondary N) is 2. The summed E-state index contributed by atoms with van der Waals surface area (Å²) >= 11 is 0. The van der Waals surface area contributed by atoms with E-state index in [0.29, 0.717) is 18.7 Å². The first-order chi connectivity index (χ1) is 15.0. The van der Waals surface area contributed by atoms with Crippen molar-refractivity contribution in [2.24, 2.45) is 0 Å². The molecule has 0 radical (unpaired) electrons. The van der Waals surface area contributed by atoms with Gasteiger partial charge in [0.25, 0.3) is 5.91 Å². The van der Waals surface area contributed by atoms with Crippen LogP contribution < -0.4 is 14.8 Å². The molecule has 0 spiro atoms. The number of ether oxygens (including phenoxy) is 1. The lowest BCUT2D eigenvalue weighted by molar-refractivity contribution is 0.0947. The number of benzene rings is 3. The number of hydrogen-bond acceptors (Lipinski definition) is 4. The first-order valence-electron chi connectivity index (χ1n) is 10.5. The summed E-state index contributed by atoms with van der Waals surface area (Å²) in [4.78, 5) is 12.6. The van der Waals surface area contributed by atoms with E-state index in [-0.39, 0.29) is 16.8 Å². The molecule has 3 aromatic carbocycles. The van der Waals surface area contributed by atoms with Crippen LogP contribution in [0.1, 0.15) is 36.0 Å². The summed E-state index contributed by atoms with van der Waals surface area (Å²) in [7, 11) is -3.64. The van der Waals surface area contributed by atoms with Crippen molar-refractivity contribution in [1.82, 2.24) is 10.0 Å². The van der Waals surface area contributed by atoms with Crippen LogP contribution in [0.5, 0.6) is 5.75 Å². The molecule has 0 unspecified atom stereocenters. The fourth-order valence-corrected chi connectivity index (χ4v) is 5.24. The van der Waals surface area contributed by atoms with Gasteiger partial charge in [-0.2, -0.15) is 0 Å². The van der Waals surface area contributed by atoms with Gasteiger partial charge in [-0.15, -0.1) is 0 Å². The molecule has 0 saturated heterocycles. The summed E-state index contributed by atoms with van der Waals surface area (Å²) in [6, 6.07) is 19.9.